The molecule has 0 unspecified atom stereocenters. The van der Waals surface area contributed by atoms with Gasteiger partial charge in [-0.2, -0.15) is 4.98 Å². The summed E-state index contributed by atoms with van der Waals surface area (Å²) in [6, 6.07) is 9.34. The summed E-state index contributed by atoms with van der Waals surface area (Å²) < 4.78 is 35.2. The number of rotatable bonds is 7. The van der Waals surface area contributed by atoms with Crippen molar-refractivity contribution < 1.29 is 18.1 Å². The van der Waals surface area contributed by atoms with E-state index in [-0.39, 0.29) is 30.0 Å². The number of aromatic nitrogens is 5. The van der Waals surface area contributed by atoms with Crippen LogP contribution in [0.4, 0.5) is 14.5 Å². The first-order valence-electron chi connectivity index (χ1n) is 11.0. The molecule has 35 heavy (non-hydrogen) atoms. The van der Waals surface area contributed by atoms with Crippen molar-refractivity contribution in [3.8, 4) is 0 Å². The lowest BCUT2D eigenvalue weighted by molar-refractivity contribution is -0.116. The number of hydrogen-bond acceptors (Lipinski definition) is 6. The number of nitrogens with zero attached hydrogens (tertiary/aromatic N) is 5. The Kier molecular flexibility index (Phi) is 5.81. The highest BCUT2D eigenvalue weighted by atomic mass is 19.1. The van der Waals surface area contributed by atoms with Crippen LogP contribution >= 0.6 is 0 Å². The third-order valence-electron chi connectivity index (χ3n) is 5.51. The van der Waals surface area contributed by atoms with Crippen LogP contribution in [-0.2, 0) is 24.3 Å². The SMILES string of the molecule is CCCc1noc(Cn2cnc3c4cc(F)ccc4n(CC(=O)Nc4ccc(F)cc4)c3c2=O)n1. The molecule has 0 saturated carbocycles. The van der Waals surface area contributed by atoms with Gasteiger partial charge in [0.2, 0.25) is 11.8 Å². The summed E-state index contributed by atoms with van der Waals surface area (Å²) in [5, 5.41) is 6.97. The van der Waals surface area contributed by atoms with E-state index in [1.54, 1.807) is 0 Å². The fourth-order valence-corrected chi connectivity index (χ4v) is 3.95. The molecule has 0 saturated heterocycles. The lowest BCUT2D eigenvalue weighted by Crippen LogP contribution is -2.25. The topological polar surface area (TPSA) is 108 Å². The third-order valence-corrected chi connectivity index (χ3v) is 5.51. The quantitative estimate of drug-likeness (QED) is 0.383. The number of carbonyl (C=O) groups is 1. The van der Waals surface area contributed by atoms with Gasteiger partial charge < -0.3 is 14.4 Å². The Balaban J connectivity index is 1.56. The van der Waals surface area contributed by atoms with Gasteiger partial charge in [-0.25, -0.2) is 13.8 Å². The Morgan fingerprint density at radius 1 is 1.11 bits per heavy atom. The maximum atomic E-state index is 14.0. The molecule has 1 N–H and O–H groups in total. The second-order valence-corrected chi connectivity index (χ2v) is 8.03. The Bertz CT molecular complexity index is 1600. The van der Waals surface area contributed by atoms with Crippen LogP contribution in [0.2, 0.25) is 0 Å². The zero-order valence-corrected chi connectivity index (χ0v) is 18.7. The van der Waals surface area contributed by atoms with E-state index < -0.39 is 23.1 Å². The molecule has 178 valence electrons. The normalized spacial score (nSPS) is 11.4. The van der Waals surface area contributed by atoms with E-state index in [0.717, 1.165) is 6.42 Å². The molecule has 0 fully saturated rings. The minimum absolute atomic E-state index is 0.00382. The molecule has 0 aliphatic carbocycles. The highest BCUT2D eigenvalue weighted by molar-refractivity contribution is 6.06. The van der Waals surface area contributed by atoms with Crippen LogP contribution in [0.5, 0.6) is 0 Å². The van der Waals surface area contributed by atoms with E-state index in [1.807, 2.05) is 6.92 Å². The molecule has 5 aromatic rings. The average molecular weight is 478 g/mol. The van der Waals surface area contributed by atoms with Crippen LogP contribution in [-0.4, -0.2) is 30.2 Å². The number of aryl methyl sites for hydroxylation is 1. The summed E-state index contributed by atoms with van der Waals surface area (Å²) in [5.74, 6) is -0.573. The molecule has 5 rings (SSSR count). The molecule has 0 atom stereocenters. The van der Waals surface area contributed by atoms with Crippen molar-refractivity contribution in [1.29, 1.82) is 0 Å². The van der Waals surface area contributed by atoms with Gasteiger partial charge in [-0.1, -0.05) is 12.1 Å². The molecule has 0 bridgehead atoms. The minimum atomic E-state index is -0.493. The van der Waals surface area contributed by atoms with Crippen molar-refractivity contribution in [2.24, 2.45) is 0 Å². The lowest BCUT2D eigenvalue weighted by Gasteiger charge is -2.09. The smallest absolute Gasteiger partial charge is 0.278 e. The van der Waals surface area contributed by atoms with Crippen LogP contribution < -0.4 is 10.9 Å². The average Bonchev–Trinajstić information content (AvgIpc) is 3.40. The number of fused-ring (bicyclic) bond motifs is 3. The van der Waals surface area contributed by atoms with E-state index in [0.29, 0.717) is 28.8 Å². The van der Waals surface area contributed by atoms with E-state index in [1.165, 1.54) is 57.9 Å². The van der Waals surface area contributed by atoms with E-state index >= 15 is 0 Å². The summed E-state index contributed by atoms with van der Waals surface area (Å²) >= 11 is 0. The Morgan fingerprint density at radius 3 is 2.66 bits per heavy atom. The Hall–Kier alpha value is -4.41. The fraction of sp³-hybridized carbons (Fsp3) is 0.208. The molecule has 11 heteroatoms. The molecule has 0 radical (unpaired) electrons. The Morgan fingerprint density at radius 2 is 1.89 bits per heavy atom. The van der Waals surface area contributed by atoms with Crippen LogP contribution in [0.1, 0.15) is 25.1 Å². The van der Waals surface area contributed by atoms with Crippen LogP contribution in [0.3, 0.4) is 0 Å². The van der Waals surface area contributed by atoms with Gasteiger partial charge in [0.25, 0.3) is 5.56 Å². The van der Waals surface area contributed by atoms with Gasteiger partial charge in [0.05, 0.1) is 11.8 Å². The maximum Gasteiger partial charge on any atom is 0.278 e. The van der Waals surface area contributed by atoms with Crippen LogP contribution in [0.15, 0.2) is 58.1 Å². The molecule has 3 aromatic heterocycles. The summed E-state index contributed by atoms with van der Waals surface area (Å²) in [6.07, 6.45) is 2.84. The van der Waals surface area contributed by atoms with Crippen molar-refractivity contribution in [2.45, 2.75) is 32.9 Å². The van der Waals surface area contributed by atoms with Gasteiger partial charge in [-0.15, -0.1) is 0 Å². The summed E-state index contributed by atoms with van der Waals surface area (Å²) in [4.78, 5) is 34.9. The molecular weight excluding hydrogens is 458 g/mol. The minimum Gasteiger partial charge on any atom is -0.337 e. The molecular formula is C24H20F2N6O3. The molecule has 0 aliphatic rings. The van der Waals surface area contributed by atoms with Crippen molar-refractivity contribution in [2.75, 3.05) is 5.32 Å². The standard InChI is InChI=1S/C24H20F2N6O3/c1-2-3-19-29-21(35-30-19)12-31-13-27-22-17-10-15(26)6-9-18(17)32(23(22)24(31)34)11-20(33)28-16-7-4-14(25)5-8-16/h4-10,13H,2-3,11-12H2,1H3,(H,28,33). The first-order valence-corrected chi connectivity index (χ1v) is 11.0. The zero-order chi connectivity index (χ0) is 24.5. The number of halogens is 2. The predicted octanol–water partition coefficient (Wildman–Crippen LogP) is 3.65. The van der Waals surface area contributed by atoms with Crippen molar-refractivity contribution in [3.05, 3.63) is 82.5 Å². The molecule has 0 spiro atoms. The highest BCUT2D eigenvalue weighted by Gasteiger charge is 2.20. The van der Waals surface area contributed by atoms with Crippen molar-refractivity contribution in [3.63, 3.8) is 0 Å². The highest BCUT2D eigenvalue weighted by Crippen LogP contribution is 2.26. The number of anilines is 1. The van der Waals surface area contributed by atoms with Crippen LogP contribution in [0.25, 0.3) is 21.9 Å². The van der Waals surface area contributed by atoms with Gasteiger partial charge in [0.15, 0.2) is 5.82 Å². The van der Waals surface area contributed by atoms with Gasteiger partial charge in [-0.05, 0) is 48.9 Å². The van der Waals surface area contributed by atoms with Gasteiger partial charge in [0, 0.05) is 17.5 Å². The monoisotopic (exact) mass is 478 g/mol. The second kappa shape index (κ2) is 9.09. The van der Waals surface area contributed by atoms with Gasteiger partial charge >= 0.3 is 0 Å². The largest absolute Gasteiger partial charge is 0.337 e. The number of amides is 1. The maximum absolute atomic E-state index is 14.0. The van der Waals surface area contributed by atoms with E-state index in [2.05, 4.69) is 20.4 Å². The molecule has 2 aromatic carbocycles. The van der Waals surface area contributed by atoms with Gasteiger partial charge in [0.1, 0.15) is 35.8 Å². The van der Waals surface area contributed by atoms with Crippen molar-refractivity contribution in [1.82, 2.24) is 24.3 Å². The summed E-state index contributed by atoms with van der Waals surface area (Å²) in [7, 11) is 0. The third kappa shape index (κ3) is 4.39. The Labute approximate surface area is 197 Å². The zero-order valence-electron chi connectivity index (χ0n) is 18.7. The number of nitrogens with one attached hydrogen (secondary N) is 1. The molecule has 9 nitrogen and oxygen atoms in total. The molecule has 1 amide bonds. The first-order chi connectivity index (χ1) is 16.9. The first kappa shape index (κ1) is 22.4. The summed E-state index contributed by atoms with van der Waals surface area (Å²) in [6.45, 7) is 1.74. The summed E-state index contributed by atoms with van der Waals surface area (Å²) in [5.41, 5.74) is 0.832. The predicted molar refractivity (Wildman–Crippen MR) is 124 cm³/mol. The second-order valence-electron chi connectivity index (χ2n) is 8.03. The number of carbonyl (C=O) groups excluding carboxylic acids is 1. The fourth-order valence-electron chi connectivity index (χ4n) is 3.95. The molecule has 0 aliphatic heterocycles. The number of benzene rings is 2. The van der Waals surface area contributed by atoms with Crippen LogP contribution in [0, 0.1) is 11.6 Å². The van der Waals surface area contributed by atoms with Crippen molar-refractivity contribution >= 4 is 33.5 Å². The molecule has 3 heterocycles. The van der Waals surface area contributed by atoms with E-state index in [9.17, 15) is 18.4 Å². The van der Waals surface area contributed by atoms with E-state index in [4.69, 9.17) is 4.52 Å². The number of hydrogen-bond donors (Lipinski definition) is 1. The van der Waals surface area contributed by atoms with Gasteiger partial charge in [-0.3, -0.25) is 14.2 Å². The lowest BCUT2D eigenvalue weighted by atomic mass is 10.2.